The van der Waals surface area contributed by atoms with E-state index in [1.165, 1.54) is 6.92 Å². The maximum Gasteiger partial charge on any atom is 0.237 e. The van der Waals surface area contributed by atoms with Gasteiger partial charge in [-0.15, -0.1) is 0 Å². The van der Waals surface area contributed by atoms with Crippen molar-refractivity contribution in [2.75, 3.05) is 10.9 Å². The van der Waals surface area contributed by atoms with Crippen molar-refractivity contribution >= 4 is 39.1 Å². The highest BCUT2D eigenvalue weighted by atomic mass is 32.1. The second kappa shape index (κ2) is 7.59. The molecule has 2 aromatic heterocycles. The van der Waals surface area contributed by atoms with E-state index in [9.17, 15) is 14.4 Å². The third kappa shape index (κ3) is 4.15. The molecule has 0 aliphatic heterocycles. The molecule has 0 unspecified atom stereocenters. The summed E-state index contributed by atoms with van der Waals surface area (Å²) in [6, 6.07) is 1.13. The second-order valence-corrected chi connectivity index (χ2v) is 6.75. The van der Waals surface area contributed by atoms with Gasteiger partial charge < -0.3 is 0 Å². The van der Waals surface area contributed by atoms with Crippen LogP contribution in [0.4, 0.5) is 10.3 Å². The van der Waals surface area contributed by atoms with Crippen LogP contribution in [0.3, 0.4) is 0 Å². The fraction of sp³-hybridized carbons (Fsp3) is 0.214. The lowest BCUT2D eigenvalue weighted by atomic mass is 10.1. The first-order valence-electron chi connectivity index (χ1n) is 7.45. The van der Waals surface area contributed by atoms with Crippen LogP contribution in [-0.2, 0) is 0 Å². The van der Waals surface area contributed by atoms with Gasteiger partial charge in [-0.2, -0.15) is 18.9 Å². The SMILES string of the molecule is CC(=O)c1c/c(=N\Nc2nc(C)ns2)c(=O)/c(=N/Nc2nc(C)ns2)c1=O. The van der Waals surface area contributed by atoms with Gasteiger partial charge in [0, 0.05) is 23.1 Å². The maximum atomic E-state index is 12.6. The van der Waals surface area contributed by atoms with E-state index >= 15 is 0 Å². The number of benzene rings is 1. The molecule has 0 saturated carbocycles. The van der Waals surface area contributed by atoms with E-state index in [-0.39, 0.29) is 10.9 Å². The van der Waals surface area contributed by atoms with Crippen molar-refractivity contribution in [3.63, 3.8) is 0 Å². The Hall–Kier alpha value is -3.19. The van der Waals surface area contributed by atoms with Crippen LogP contribution in [0.2, 0.25) is 0 Å². The minimum Gasteiger partial charge on any atom is -0.294 e. The van der Waals surface area contributed by atoms with Gasteiger partial charge in [-0.05, 0) is 26.8 Å². The highest BCUT2D eigenvalue weighted by Gasteiger charge is 2.12. The summed E-state index contributed by atoms with van der Waals surface area (Å²) in [7, 11) is 0. The first kappa shape index (κ1) is 18.6. The molecule has 11 nitrogen and oxygen atoms in total. The first-order chi connectivity index (χ1) is 12.8. The molecule has 13 heteroatoms. The lowest BCUT2D eigenvalue weighted by Gasteiger charge is -1.96. The van der Waals surface area contributed by atoms with Crippen LogP contribution in [0.15, 0.2) is 25.9 Å². The summed E-state index contributed by atoms with van der Waals surface area (Å²) in [5, 5.41) is 7.80. The van der Waals surface area contributed by atoms with E-state index in [1.54, 1.807) is 13.8 Å². The van der Waals surface area contributed by atoms with E-state index in [1.807, 2.05) is 0 Å². The minimum absolute atomic E-state index is 0.151. The molecular formula is C14H12N8O3S2. The van der Waals surface area contributed by atoms with Crippen LogP contribution in [0.1, 0.15) is 28.9 Å². The fourth-order valence-corrected chi connectivity index (χ4v) is 3.00. The number of nitrogens with zero attached hydrogens (tertiary/aromatic N) is 6. The van der Waals surface area contributed by atoms with Gasteiger partial charge in [-0.3, -0.25) is 25.2 Å². The van der Waals surface area contributed by atoms with Crippen molar-refractivity contribution in [1.82, 2.24) is 18.7 Å². The van der Waals surface area contributed by atoms with Gasteiger partial charge in [0.25, 0.3) is 0 Å². The predicted molar refractivity (Wildman–Crippen MR) is 99.0 cm³/mol. The molecule has 0 spiro atoms. The Morgan fingerprint density at radius 2 is 1.52 bits per heavy atom. The smallest absolute Gasteiger partial charge is 0.237 e. The summed E-state index contributed by atoms with van der Waals surface area (Å²) < 4.78 is 7.94. The molecule has 0 aliphatic rings. The molecule has 0 bridgehead atoms. The van der Waals surface area contributed by atoms with Crippen LogP contribution in [0.25, 0.3) is 0 Å². The summed E-state index contributed by atoms with van der Waals surface area (Å²) in [4.78, 5) is 44.8. The number of anilines is 2. The van der Waals surface area contributed by atoms with E-state index in [2.05, 4.69) is 39.8 Å². The van der Waals surface area contributed by atoms with Crippen LogP contribution in [-0.4, -0.2) is 24.5 Å². The highest BCUT2D eigenvalue weighted by Crippen LogP contribution is 2.09. The van der Waals surface area contributed by atoms with E-state index in [0.29, 0.717) is 21.9 Å². The van der Waals surface area contributed by atoms with Gasteiger partial charge in [-0.25, -0.2) is 9.97 Å². The van der Waals surface area contributed by atoms with Crippen molar-refractivity contribution in [3.8, 4) is 0 Å². The molecule has 27 heavy (non-hydrogen) atoms. The number of aryl methyl sites for hydroxylation is 2. The standard InChI is InChI=1S/C14H12N8O3S2/c1-5(23)8-4-9(17-19-13-15-6(2)21-26-13)12(25)10(11(8)24)18-20-14-16-7(3)22-27-14/h4H,1-3H3,(H,15,19,21)(H,16,20,22)/b17-9+,18-10+. The van der Waals surface area contributed by atoms with Crippen LogP contribution >= 0.6 is 23.1 Å². The summed E-state index contributed by atoms with van der Waals surface area (Å²) in [5.74, 6) is 0.560. The Labute approximate surface area is 159 Å². The van der Waals surface area contributed by atoms with Crippen molar-refractivity contribution in [3.05, 3.63) is 54.4 Å². The number of ketones is 1. The molecule has 2 heterocycles. The molecule has 0 radical (unpaired) electrons. The quantitative estimate of drug-likeness (QED) is 0.430. The molecule has 2 N–H and O–H groups in total. The lowest BCUT2D eigenvalue weighted by Crippen LogP contribution is -2.50. The van der Waals surface area contributed by atoms with Crippen LogP contribution in [0, 0.1) is 13.8 Å². The minimum atomic E-state index is -0.785. The van der Waals surface area contributed by atoms with E-state index in [0.717, 1.165) is 29.1 Å². The Morgan fingerprint density at radius 3 is 2.00 bits per heavy atom. The lowest BCUT2D eigenvalue weighted by molar-refractivity contribution is 0.101. The molecule has 0 aliphatic carbocycles. The number of hydrogen-bond donors (Lipinski definition) is 2. The molecule has 0 fully saturated rings. The summed E-state index contributed by atoms with van der Waals surface area (Å²) in [6.45, 7) is 4.62. The third-order valence-corrected chi connectivity index (χ3v) is 4.58. The van der Waals surface area contributed by atoms with Gasteiger partial charge in [-0.1, -0.05) is 0 Å². The zero-order chi connectivity index (χ0) is 19.6. The molecular weight excluding hydrogens is 392 g/mol. The number of carbonyl (C=O) groups excluding carboxylic acids is 1. The molecule has 138 valence electrons. The number of carbonyl (C=O) groups is 1. The number of aromatic nitrogens is 4. The summed E-state index contributed by atoms with van der Waals surface area (Å²) in [6.07, 6.45) is 0. The van der Waals surface area contributed by atoms with Crippen molar-refractivity contribution < 1.29 is 4.79 Å². The monoisotopic (exact) mass is 404 g/mol. The summed E-state index contributed by atoms with van der Waals surface area (Å²) in [5.41, 5.74) is 3.37. The van der Waals surface area contributed by atoms with Crippen LogP contribution < -0.4 is 32.4 Å². The molecule has 0 saturated heterocycles. The highest BCUT2D eigenvalue weighted by molar-refractivity contribution is 7.09. The molecule has 0 amide bonds. The van der Waals surface area contributed by atoms with Crippen molar-refractivity contribution in [1.29, 1.82) is 0 Å². The van der Waals surface area contributed by atoms with Gasteiger partial charge >= 0.3 is 0 Å². The molecule has 3 aromatic rings. The Balaban J connectivity index is 2.11. The maximum absolute atomic E-state index is 12.6. The Morgan fingerprint density at radius 1 is 0.963 bits per heavy atom. The second-order valence-electron chi connectivity index (χ2n) is 5.25. The van der Waals surface area contributed by atoms with Gasteiger partial charge in [0.05, 0.1) is 5.56 Å². The number of rotatable bonds is 5. The Kier molecular flexibility index (Phi) is 5.23. The van der Waals surface area contributed by atoms with Gasteiger partial charge in [0.1, 0.15) is 17.0 Å². The van der Waals surface area contributed by atoms with Crippen LogP contribution in [0.5, 0.6) is 0 Å². The molecule has 3 rings (SSSR count). The normalized spacial score (nSPS) is 12.4. The molecule has 0 atom stereocenters. The predicted octanol–water partition coefficient (Wildman–Crippen LogP) is -0.339. The first-order valence-corrected chi connectivity index (χ1v) is 9.00. The fourth-order valence-electron chi connectivity index (χ4n) is 1.96. The number of nitrogens with one attached hydrogen (secondary N) is 2. The van der Waals surface area contributed by atoms with Crippen molar-refractivity contribution in [2.24, 2.45) is 10.2 Å². The topological polar surface area (TPSA) is 152 Å². The van der Waals surface area contributed by atoms with Gasteiger partial charge in [0.2, 0.25) is 21.1 Å². The third-order valence-electron chi connectivity index (χ3n) is 3.16. The summed E-state index contributed by atoms with van der Waals surface area (Å²) >= 11 is 2.07. The van der Waals surface area contributed by atoms with Gasteiger partial charge in [0.15, 0.2) is 11.1 Å². The zero-order valence-electron chi connectivity index (χ0n) is 14.3. The largest absolute Gasteiger partial charge is 0.294 e. The number of Topliss-reactive ketones (excluding diaryl/α,β-unsaturated/α-hetero) is 1. The Bertz CT molecular complexity index is 1240. The van der Waals surface area contributed by atoms with Crippen molar-refractivity contribution in [2.45, 2.75) is 20.8 Å². The van der Waals surface area contributed by atoms with E-state index < -0.39 is 22.0 Å². The zero-order valence-corrected chi connectivity index (χ0v) is 15.9. The average molecular weight is 404 g/mol. The average Bonchev–Trinajstić information content (AvgIpc) is 3.22. The van der Waals surface area contributed by atoms with E-state index in [4.69, 9.17) is 0 Å². The number of hydrogen-bond acceptors (Lipinski definition) is 13. The molecule has 1 aromatic carbocycles.